The lowest BCUT2D eigenvalue weighted by Crippen LogP contribution is -2.40. The van der Waals surface area contributed by atoms with Gasteiger partial charge in [-0.1, -0.05) is 6.07 Å². The van der Waals surface area contributed by atoms with Crippen molar-refractivity contribution in [2.24, 2.45) is 0 Å². The molecule has 6 nitrogen and oxygen atoms in total. The molecule has 1 aliphatic heterocycles. The van der Waals surface area contributed by atoms with E-state index in [1.54, 1.807) is 6.20 Å². The topological polar surface area (TPSA) is 74.3 Å². The molecule has 2 heterocycles. The van der Waals surface area contributed by atoms with Gasteiger partial charge in [-0.25, -0.2) is 4.39 Å². The number of aromatic nitrogens is 1. The lowest BCUT2D eigenvalue weighted by Gasteiger charge is -2.31. The minimum Gasteiger partial charge on any atom is -0.330 e. The zero-order valence-corrected chi connectivity index (χ0v) is 16.0. The van der Waals surface area contributed by atoms with E-state index in [-0.39, 0.29) is 23.5 Å². The molecule has 1 fully saturated rings. The van der Waals surface area contributed by atoms with Gasteiger partial charge in [-0.15, -0.1) is 0 Å². The molecule has 0 saturated carbocycles. The Morgan fingerprint density at radius 3 is 2.86 bits per heavy atom. The first kappa shape index (κ1) is 19.9. The molecule has 2 N–H and O–H groups in total. The van der Waals surface area contributed by atoms with Gasteiger partial charge >= 0.3 is 0 Å². The number of amides is 2. The second-order valence-corrected chi connectivity index (χ2v) is 6.96. The number of nitrogens with zero attached hydrogens (tertiary/aromatic N) is 2. The Hall–Kier alpha value is -2.80. The van der Waals surface area contributed by atoms with E-state index in [1.165, 1.54) is 25.1 Å². The third-order valence-corrected chi connectivity index (χ3v) is 4.83. The summed E-state index contributed by atoms with van der Waals surface area (Å²) in [6.07, 6.45) is 4.43. The monoisotopic (exact) mass is 384 g/mol. The summed E-state index contributed by atoms with van der Waals surface area (Å²) < 4.78 is 14.0. The molecule has 2 amide bonds. The molecule has 1 aliphatic rings. The van der Waals surface area contributed by atoms with E-state index in [4.69, 9.17) is 0 Å². The van der Waals surface area contributed by atoms with Gasteiger partial charge in [0.05, 0.1) is 17.9 Å². The highest BCUT2D eigenvalue weighted by atomic mass is 19.1. The van der Waals surface area contributed by atoms with Gasteiger partial charge in [-0.05, 0) is 62.7 Å². The fourth-order valence-corrected chi connectivity index (χ4v) is 3.45. The molecule has 0 bridgehead atoms. The Labute approximate surface area is 164 Å². The molecule has 2 aromatic rings. The fourth-order valence-electron chi connectivity index (χ4n) is 3.45. The maximum Gasteiger partial charge on any atom is 0.254 e. The highest BCUT2D eigenvalue weighted by molar-refractivity contribution is 5.97. The van der Waals surface area contributed by atoms with E-state index < -0.39 is 5.82 Å². The minimum atomic E-state index is -0.568. The van der Waals surface area contributed by atoms with Crippen molar-refractivity contribution in [1.29, 1.82) is 0 Å². The van der Waals surface area contributed by atoms with Crippen LogP contribution in [-0.4, -0.2) is 40.8 Å². The van der Waals surface area contributed by atoms with Gasteiger partial charge in [0, 0.05) is 24.7 Å². The lowest BCUT2D eigenvalue weighted by atomic mass is 10.0. The van der Waals surface area contributed by atoms with Gasteiger partial charge in [0.25, 0.3) is 5.91 Å². The second-order valence-electron chi connectivity index (χ2n) is 6.96. The average Bonchev–Trinajstić information content (AvgIpc) is 2.97. The summed E-state index contributed by atoms with van der Waals surface area (Å²) in [6, 6.07) is 9.77. The van der Waals surface area contributed by atoms with E-state index in [0.29, 0.717) is 12.1 Å². The van der Waals surface area contributed by atoms with Gasteiger partial charge in [-0.3, -0.25) is 14.6 Å². The molecule has 1 saturated heterocycles. The van der Waals surface area contributed by atoms with E-state index in [0.717, 1.165) is 38.0 Å². The van der Waals surface area contributed by atoms with Gasteiger partial charge in [0.2, 0.25) is 5.91 Å². The summed E-state index contributed by atoms with van der Waals surface area (Å²) in [5, 5.41) is 5.80. The number of carbonyl (C=O) groups is 2. The summed E-state index contributed by atoms with van der Waals surface area (Å²) in [6.45, 7) is 3.47. The van der Waals surface area contributed by atoms with Crippen molar-refractivity contribution in [2.75, 3.05) is 18.4 Å². The molecule has 7 heteroatoms. The fraction of sp³-hybridized carbons (Fsp3) is 0.381. The number of carbonyl (C=O) groups excluding carboxylic acids is 2. The minimum absolute atomic E-state index is 0.0127. The van der Waals surface area contributed by atoms with Crippen LogP contribution in [0.5, 0.6) is 0 Å². The summed E-state index contributed by atoms with van der Waals surface area (Å²) in [5.74, 6) is -1.14. The molecular formula is C21H25FN4O2. The molecule has 1 atom stereocenters. The second kappa shape index (κ2) is 9.41. The molecule has 1 aromatic heterocycles. The van der Waals surface area contributed by atoms with Crippen LogP contribution in [0.15, 0.2) is 42.6 Å². The first-order valence-electron chi connectivity index (χ1n) is 9.53. The zero-order valence-electron chi connectivity index (χ0n) is 16.0. The summed E-state index contributed by atoms with van der Waals surface area (Å²) in [5.41, 5.74) is 1.16. The molecule has 148 valence electrons. The van der Waals surface area contributed by atoms with Crippen LogP contribution in [0.25, 0.3) is 0 Å². The van der Waals surface area contributed by atoms with E-state index in [2.05, 4.69) is 15.6 Å². The Morgan fingerprint density at radius 1 is 1.25 bits per heavy atom. The SMILES string of the molecule is CC(=O)Nc1cc(C(=O)N(Cc2ccccn2)C2CCCNCC2)ccc1F. The normalized spacial score (nSPS) is 16.9. The lowest BCUT2D eigenvalue weighted by molar-refractivity contribution is -0.114. The van der Waals surface area contributed by atoms with Crippen molar-refractivity contribution >= 4 is 17.5 Å². The number of anilines is 1. The molecule has 1 aromatic carbocycles. The van der Waals surface area contributed by atoms with E-state index >= 15 is 0 Å². The van der Waals surface area contributed by atoms with Crippen molar-refractivity contribution in [3.8, 4) is 0 Å². The van der Waals surface area contributed by atoms with Crippen LogP contribution in [0.2, 0.25) is 0 Å². The van der Waals surface area contributed by atoms with Crippen LogP contribution in [0.1, 0.15) is 42.2 Å². The van der Waals surface area contributed by atoms with Gasteiger partial charge < -0.3 is 15.5 Å². The molecule has 3 rings (SSSR count). The number of hydrogen-bond acceptors (Lipinski definition) is 4. The largest absolute Gasteiger partial charge is 0.330 e. The summed E-state index contributed by atoms with van der Waals surface area (Å²) in [4.78, 5) is 30.8. The predicted octanol–water partition coefficient (Wildman–Crippen LogP) is 2.96. The summed E-state index contributed by atoms with van der Waals surface area (Å²) >= 11 is 0. The summed E-state index contributed by atoms with van der Waals surface area (Å²) in [7, 11) is 0. The van der Waals surface area contributed by atoms with Crippen LogP contribution in [0.4, 0.5) is 10.1 Å². The first-order valence-corrected chi connectivity index (χ1v) is 9.53. The highest BCUT2D eigenvalue weighted by Gasteiger charge is 2.26. The Balaban J connectivity index is 1.90. The number of rotatable bonds is 5. The van der Waals surface area contributed by atoms with Crippen LogP contribution >= 0.6 is 0 Å². The Bertz CT molecular complexity index is 820. The van der Waals surface area contributed by atoms with E-state index in [1.807, 2.05) is 23.1 Å². The molecule has 1 unspecified atom stereocenters. The first-order chi connectivity index (χ1) is 13.5. The predicted molar refractivity (Wildman–Crippen MR) is 105 cm³/mol. The number of pyridine rings is 1. The number of benzene rings is 1. The number of nitrogens with one attached hydrogen (secondary N) is 2. The van der Waals surface area contributed by atoms with Crippen molar-refractivity contribution < 1.29 is 14.0 Å². The molecule has 0 aliphatic carbocycles. The number of halogens is 1. The number of hydrogen-bond donors (Lipinski definition) is 2. The van der Waals surface area contributed by atoms with E-state index in [9.17, 15) is 14.0 Å². The van der Waals surface area contributed by atoms with Crippen LogP contribution in [0, 0.1) is 5.82 Å². The van der Waals surface area contributed by atoms with Crippen molar-refractivity contribution in [2.45, 2.75) is 38.8 Å². The van der Waals surface area contributed by atoms with Crippen molar-refractivity contribution in [3.05, 3.63) is 59.7 Å². The van der Waals surface area contributed by atoms with Crippen LogP contribution in [0.3, 0.4) is 0 Å². The third-order valence-electron chi connectivity index (χ3n) is 4.83. The quantitative estimate of drug-likeness (QED) is 0.831. The smallest absolute Gasteiger partial charge is 0.254 e. The third kappa shape index (κ3) is 5.13. The van der Waals surface area contributed by atoms with Crippen molar-refractivity contribution in [1.82, 2.24) is 15.2 Å². The van der Waals surface area contributed by atoms with Crippen molar-refractivity contribution in [3.63, 3.8) is 0 Å². The van der Waals surface area contributed by atoms with Gasteiger partial charge in [0.1, 0.15) is 5.82 Å². The Morgan fingerprint density at radius 2 is 2.11 bits per heavy atom. The Kier molecular flexibility index (Phi) is 6.71. The zero-order chi connectivity index (χ0) is 19.9. The highest BCUT2D eigenvalue weighted by Crippen LogP contribution is 2.22. The molecule has 0 radical (unpaired) electrons. The van der Waals surface area contributed by atoms with Crippen LogP contribution in [-0.2, 0) is 11.3 Å². The van der Waals surface area contributed by atoms with Crippen LogP contribution < -0.4 is 10.6 Å². The molecule has 28 heavy (non-hydrogen) atoms. The molecular weight excluding hydrogens is 359 g/mol. The standard InChI is InChI=1S/C21H25FN4O2/c1-15(27)25-20-13-16(7-8-19(20)22)21(28)26(14-17-5-2-3-11-24-17)18-6-4-10-23-12-9-18/h2-3,5,7-8,11,13,18,23H,4,6,9-10,12,14H2,1H3,(H,25,27). The van der Waals surface area contributed by atoms with Gasteiger partial charge in [-0.2, -0.15) is 0 Å². The maximum atomic E-state index is 14.0. The van der Waals surface area contributed by atoms with Gasteiger partial charge in [0.15, 0.2) is 0 Å². The molecule has 0 spiro atoms. The maximum absolute atomic E-state index is 14.0. The average molecular weight is 384 g/mol.